The van der Waals surface area contributed by atoms with E-state index >= 15 is 0 Å². The predicted octanol–water partition coefficient (Wildman–Crippen LogP) is 4.61. The molecule has 6 heteroatoms. The second-order valence-electron chi connectivity index (χ2n) is 6.36. The van der Waals surface area contributed by atoms with Crippen molar-refractivity contribution in [3.8, 4) is 29.5 Å². The fourth-order valence-electron chi connectivity index (χ4n) is 3.00. The number of terminal acetylenes is 1. The molecule has 0 saturated heterocycles. The van der Waals surface area contributed by atoms with E-state index < -0.39 is 0 Å². The molecule has 4 aromatic rings. The standard InChI is InChI=1S/C24H16ClN3O2/c1-2-14-30-22-13-12-19(25)15-18(22)16-26-28-23(17-8-4-3-5-9-17)27-21-11-7-6-10-20(21)24(28)29/h1,3-13,15-16H,14H2. The van der Waals surface area contributed by atoms with Gasteiger partial charge in [0.1, 0.15) is 12.4 Å². The lowest BCUT2D eigenvalue weighted by atomic mass is 10.2. The number of ether oxygens (including phenoxy) is 1. The number of nitrogens with zero attached hydrogens (tertiary/aromatic N) is 3. The summed E-state index contributed by atoms with van der Waals surface area (Å²) in [6.45, 7) is 0.106. The zero-order valence-electron chi connectivity index (χ0n) is 15.8. The highest BCUT2D eigenvalue weighted by Gasteiger charge is 2.12. The Balaban J connectivity index is 1.89. The van der Waals surface area contributed by atoms with Crippen molar-refractivity contribution in [2.45, 2.75) is 0 Å². The van der Waals surface area contributed by atoms with Crippen LogP contribution in [0.1, 0.15) is 5.56 Å². The second kappa shape index (κ2) is 8.64. The highest BCUT2D eigenvalue weighted by molar-refractivity contribution is 6.30. The van der Waals surface area contributed by atoms with Gasteiger partial charge in [-0.2, -0.15) is 9.78 Å². The number of hydrogen-bond acceptors (Lipinski definition) is 4. The van der Waals surface area contributed by atoms with Crippen molar-refractivity contribution in [1.29, 1.82) is 0 Å². The predicted molar refractivity (Wildman–Crippen MR) is 120 cm³/mol. The molecule has 30 heavy (non-hydrogen) atoms. The van der Waals surface area contributed by atoms with Crippen LogP contribution < -0.4 is 10.3 Å². The summed E-state index contributed by atoms with van der Waals surface area (Å²) < 4.78 is 6.84. The Hall–Kier alpha value is -3.88. The van der Waals surface area contributed by atoms with Crippen molar-refractivity contribution in [1.82, 2.24) is 9.66 Å². The van der Waals surface area contributed by atoms with Gasteiger partial charge in [0.25, 0.3) is 5.56 Å². The fraction of sp³-hybridized carbons (Fsp3) is 0.0417. The lowest BCUT2D eigenvalue weighted by molar-refractivity contribution is 0.370. The van der Waals surface area contributed by atoms with E-state index in [0.717, 1.165) is 5.56 Å². The van der Waals surface area contributed by atoms with Crippen LogP contribution >= 0.6 is 11.6 Å². The maximum absolute atomic E-state index is 13.2. The lowest BCUT2D eigenvalue weighted by Crippen LogP contribution is -2.20. The van der Waals surface area contributed by atoms with Crippen LogP contribution in [0, 0.1) is 12.3 Å². The molecular formula is C24H16ClN3O2. The van der Waals surface area contributed by atoms with Crippen LogP contribution in [-0.4, -0.2) is 22.5 Å². The van der Waals surface area contributed by atoms with Crippen LogP contribution in [-0.2, 0) is 0 Å². The van der Waals surface area contributed by atoms with Crippen molar-refractivity contribution in [2.24, 2.45) is 5.10 Å². The summed E-state index contributed by atoms with van der Waals surface area (Å²) in [7, 11) is 0. The molecule has 4 rings (SSSR count). The summed E-state index contributed by atoms with van der Waals surface area (Å²) in [6.07, 6.45) is 6.81. The number of fused-ring (bicyclic) bond motifs is 1. The van der Waals surface area contributed by atoms with Gasteiger partial charge in [0, 0.05) is 16.1 Å². The summed E-state index contributed by atoms with van der Waals surface area (Å²) in [4.78, 5) is 17.9. The molecule has 1 aromatic heterocycles. The van der Waals surface area contributed by atoms with Crippen LogP contribution in [0.5, 0.6) is 5.75 Å². The number of para-hydroxylation sites is 1. The highest BCUT2D eigenvalue weighted by Crippen LogP contribution is 2.22. The van der Waals surface area contributed by atoms with Gasteiger partial charge in [-0.1, -0.05) is 60.0 Å². The minimum atomic E-state index is -0.274. The molecule has 0 bridgehead atoms. The quantitative estimate of drug-likeness (QED) is 0.354. The third-order valence-corrected chi connectivity index (χ3v) is 4.62. The topological polar surface area (TPSA) is 56.5 Å². The van der Waals surface area contributed by atoms with Gasteiger partial charge in [-0.15, -0.1) is 6.42 Å². The number of halogens is 1. The molecule has 146 valence electrons. The molecule has 0 spiro atoms. The van der Waals surface area contributed by atoms with Gasteiger partial charge < -0.3 is 4.74 Å². The van der Waals surface area contributed by atoms with Gasteiger partial charge >= 0.3 is 0 Å². The number of rotatable bonds is 5. The van der Waals surface area contributed by atoms with E-state index in [0.29, 0.717) is 33.1 Å². The van der Waals surface area contributed by atoms with Gasteiger partial charge in [0.05, 0.1) is 17.1 Å². The van der Waals surface area contributed by atoms with Gasteiger partial charge in [0.15, 0.2) is 5.82 Å². The second-order valence-corrected chi connectivity index (χ2v) is 6.79. The van der Waals surface area contributed by atoms with Crippen LogP contribution in [0.2, 0.25) is 5.02 Å². The Morgan fingerprint density at radius 3 is 2.67 bits per heavy atom. The summed E-state index contributed by atoms with van der Waals surface area (Å²) in [5.74, 6) is 3.38. The van der Waals surface area contributed by atoms with E-state index in [2.05, 4.69) is 16.0 Å². The van der Waals surface area contributed by atoms with Gasteiger partial charge in [0.2, 0.25) is 0 Å². The number of hydrogen-bond donors (Lipinski definition) is 0. The number of aromatic nitrogens is 2. The van der Waals surface area contributed by atoms with Crippen molar-refractivity contribution < 1.29 is 4.74 Å². The summed E-state index contributed by atoms with van der Waals surface area (Å²) in [5, 5.41) is 5.43. The zero-order chi connectivity index (χ0) is 20.9. The molecule has 0 amide bonds. The Bertz CT molecular complexity index is 1340. The molecule has 0 aliphatic carbocycles. The first-order valence-electron chi connectivity index (χ1n) is 9.15. The maximum atomic E-state index is 13.2. The summed E-state index contributed by atoms with van der Waals surface area (Å²) in [5.41, 5.74) is 1.70. The van der Waals surface area contributed by atoms with Crippen molar-refractivity contribution in [3.63, 3.8) is 0 Å². The van der Waals surface area contributed by atoms with E-state index in [-0.39, 0.29) is 12.2 Å². The summed E-state index contributed by atoms with van der Waals surface area (Å²) >= 11 is 6.13. The maximum Gasteiger partial charge on any atom is 0.282 e. The molecule has 3 aromatic carbocycles. The minimum Gasteiger partial charge on any atom is -0.480 e. The molecule has 1 heterocycles. The average Bonchev–Trinajstić information content (AvgIpc) is 2.78. The Kier molecular flexibility index (Phi) is 5.60. The largest absolute Gasteiger partial charge is 0.480 e. The minimum absolute atomic E-state index is 0.106. The first-order chi connectivity index (χ1) is 14.7. The Morgan fingerprint density at radius 1 is 1.10 bits per heavy atom. The molecule has 0 fully saturated rings. The fourth-order valence-corrected chi connectivity index (χ4v) is 3.18. The molecule has 0 aliphatic heterocycles. The van der Waals surface area contributed by atoms with E-state index in [1.54, 1.807) is 36.4 Å². The average molecular weight is 414 g/mol. The zero-order valence-corrected chi connectivity index (χ0v) is 16.6. The van der Waals surface area contributed by atoms with Crippen molar-refractivity contribution in [2.75, 3.05) is 6.61 Å². The van der Waals surface area contributed by atoms with Crippen LogP contribution in [0.25, 0.3) is 22.3 Å². The van der Waals surface area contributed by atoms with Gasteiger partial charge in [-0.05, 0) is 30.3 Å². The van der Waals surface area contributed by atoms with Gasteiger partial charge in [-0.25, -0.2) is 4.98 Å². The highest BCUT2D eigenvalue weighted by atomic mass is 35.5. The normalized spacial score (nSPS) is 10.9. The SMILES string of the molecule is C#CCOc1ccc(Cl)cc1C=Nn1c(-c2ccccc2)nc2ccccc2c1=O. The van der Waals surface area contributed by atoms with Gasteiger partial charge in [-0.3, -0.25) is 4.79 Å². The molecule has 0 atom stereocenters. The third kappa shape index (κ3) is 3.95. The molecule has 0 saturated carbocycles. The van der Waals surface area contributed by atoms with E-state index in [1.807, 2.05) is 36.4 Å². The molecule has 5 nitrogen and oxygen atoms in total. The monoisotopic (exact) mass is 413 g/mol. The molecule has 0 N–H and O–H groups in total. The van der Waals surface area contributed by atoms with Crippen molar-refractivity contribution >= 4 is 28.7 Å². The summed E-state index contributed by atoms with van der Waals surface area (Å²) in [6, 6.07) is 21.7. The first-order valence-corrected chi connectivity index (χ1v) is 9.52. The van der Waals surface area contributed by atoms with Crippen molar-refractivity contribution in [3.05, 3.63) is 93.7 Å². The molecule has 0 aliphatic rings. The van der Waals surface area contributed by atoms with E-state index in [4.69, 9.17) is 22.8 Å². The van der Waals surface area contributed by atoms with E-state index in [1.165, 1.54) is 10.9 Å². The Labute approximate surface area is 178 Å². The molecule has 0 radical (unpaired) electrons. The molecular weight excluding hydrogens is 398 g/mol. The van der Waals surface area contributed by atoms with Crippen LogP contribution in [0.3, 0.4) is 0 Å². The smallest absolute Gasteiger partial charge is 0.282 e. The van der Waals surface area contributed by atoms with Crippen LogP contribution in [0.15, 0.2) is 82.7 Å². The number of benzene rings is 3. The third-order valence-electron chi connectivity index (χ3n) is 4.38. The lowest BCUT2D eigenvalue weighted by Gasteiger charge is -2.10. The first kappa shape index (κ1) is 19.4. The Morgan fingerprint density at radius 2 is 1.87 bits per heavy atom. The molecule has 0 unspecified atom stereocenters. The van der Waals surface area contributed by atoms with E-state index in [9.17, 15) is 4.79 Å². The van der Waals surface area contributed by atoms with Crippen LogP contribution in [0.4, 0.5) is 0 Å².